The Hall–Kier alpha value is -1.65. The molecule has 1 aromatic heterocycles. The quantitative estimate of drug-likeness (QED) is 0.843. The van der Waals surface area contributed by atoms with E-state index in [1.807, 2.05) is 36.9 Å². The van der Waals surface area contributed by atoms with E-state index < -0.39 is 0 Å². The Kier molecular flexibility index (Phi) is 4.93. The standard InChI is InChI=1S/C16H23N3O/c1-12-16(13(2)19(3)18-12)10-17-15(11-20)9-14-7-5-4-6-8-14/h4-8,15,17,20H,9-11H2,1-3H3/t15-/m0/s1. The summed E-state index contributed by atoms with van der Waals surface area (Å²) in [5, 5.41) is 17.4. The molecule has 2 rings (SSSR count). The van der Waals surface area contributed by atoms with Gasteiger partial charge in [0.25, 0.3) is 0 Å². The van der Waals surface area contributed by atoms with Crippen LogP contribution < -0.4 is 5.32 Å². The maximum Gasteiger partial charge on any atom is 0.0641 e. The molecule has 20 heavy (non-hydrogen) atoms. The average molecular weight is 273 g/mol. The van der Waals surface area contributed by atoms with Crippen LogP contribution in [0.5, 0.6) is 0 Å². The Balaban J connectivity index is 1.97. The minimum absolute atomic E-state index is 0.0661. The van der Waals surface area contributed by atoms with Crippen LogP contribution in [0.2, 0.25) is 0 Å². The monoisotopic (exact) mass is 273 g/mol. The second kappa shape index (κ2) is 6.68. The first-order chi connectivity index (χ1) is 9.61. The molecule has 1 heterocycles. The number of benzene rings is 1. The van der Waals surface area contributed by atoms with Crippen LogP contribution in [0.15, 0.2) is 30.3 Å². The summed E-state index contributed by atoms with van der Waals surface area (Å²) in [6, 6.07) is 10.3. The lowest BCUT2D eigenvalue weighted by molar-refractivity contribution is 0.240. The molecule has 0 amide bonds. The highest BCUT2D eigenvalue weighted by molar-refractivity contribution is 5.24. The summed E-state index contributed by atoms with van der Waals surface area (Å²) in [6.45, 7) is 4.97. The molecule has 0 aliphatic heterocycles. The number of aryl methyl sites for hydroxylation is 2. The fourth-order valence-corrected chi connectivity index (χ4v) is 2.42. The van der Waals surface area contributed by atoms with Crippen molar-refractivity contribution in [3.8, 4) is 0 Å². The van der Waals surface area contributed by atoms with E-state index >= 15 is 0 Å². The van der Waals surface area contributed by atoms with Gasteiger partial charge >= 0.3 is 0 Å². The molecule has 0 saturated heterocycles. The van der Waals surface area contributed by atoms with Crippen LogP contribution in [0.25, 0.3) is 0 Å². The smallest absolute Gasteiger partial charge is 0.0641 e. The van der Waals surface area contributed by atoms with Crippen LogP contribution in [0.4, 0.5) is 0 Å². The Morgan fingerprint density at radius 1 is 1.25 bits per heavy atom. The van der Waals surface area contributed by atoms with Gasteiger partial charge < -0.3 is 10.4 Å². The van der Waals surface area contributed by atoms with Gasteiger partial charge in [-0.2, -0.15) is 5.10 Å². The molecule has 0 aliphatic rings. The zero-order valence-corrected chi connectivity index (χ0v) is 12.4. The number of aliphatic hydroxyl groups is 1. The molecule has 0 saturated carbocycles. The molecule has 2 N–H and O–H groups in total. The predicted molar refractivity (Wildman–Crippen MR) is 80.5 cm³/mol. The molecule has 2 aromatic rings. The van der Waals surface area contributed by atoms with Crippen LogP contribution in [0.3, 0.4) is 0 Å². The maximum atomic E-state index is 9.53. The Morgan fingerprint density at radius 2 is 1.95 bits per heavy atom. The lowest BCUT2D eigenvalue weighted by Crippen LogP contribution is -2.34. The number of rotatable bonds is 6. The molecule has 1 atom stereocenters. The van der Waals surface area contributed by atoms with Gasteiger partial charge in [-0.25, -0.2) is 0 Å². The highest BCUT2D eigenvalue weighted by Gasteiger charge is 2.12. The molecular weight excluding hydrogens is 250 g/mol. The molecule has 1 aromatic carbocycles. The number of nitrogens with one attached hydrogen (secondary N) is 1. The summed E-state index contributed by atoms with van der Waals surface area (Å²) in [7, 11) is 1.96. The summed E-state index contributed by atoms with van der Waals surface area (Å²) in [6.07, 6.45) is 0.829. The molecule has 0 fully saturated rings. The highest BCUT2D eigenvalue weighted by atomic mass is 16.3. The van der Waals surface area contributed by atoms with E-state index in [0.717, 1.165) is 18.7 Å². The number of nitrogens with zero attached hydrogens (tertiary/aromatic N) is 2. The van der Waals surface area contributed by atoms with Gasteiger partial charge in [0.2, 0.25) is 0 Å². The first-order valence-corrected chi connectivity index (χ1v) is 6.99. The lowest BCUT2D eigenvalue weighted by Gasteiger charge is -2.16. The minimum atomic E-state index is 0.0661. The molecule has 0 radical (unpaired) electrons. The summed E-state index contributed by atoms with van der Waals surface area (Å²) in [5.41, 5.74) is 4.68. The number of aliphatic hydroxyl groups excluding tert-OH is 1. The van der Waals surface area contributed by atoms with Crippen molar-refractivity contribution >= 4 is 0 Å². The Labute approximate surface area is 120 Å². The highest BCUT2D eigenvalue weighted by Crippen LogP contribution is 2.12. The van der Waals surface area contributed by atoms with Crippen LogP contribution in [0, 0.1) is 13.8 Å². The Bertz CT molecular complexity index is 548. The van der Waals surface area contributed by atoms with Gasteiger partial charge in [0, 0.05) is 30.9 Å². The largest absolute Gasteiger partial charge is 0.395 e. The van der Waals surface area contributed by atoms with Crippen molar-refractivity contribution in [1.82, 2.24) is 15.1 Å². The van der Waals surface area contributed by atoms with E-state index in [9.17, 15) is 5.11 Å². The van der Waals surface area contributed by atoms with Crippen molar-refractivity contribution in [3.05, 3.63) is 52.8 Å². The first-order valence-electron chi connectivity index (χ1n) is 6.99. The molecule has 0 spiro atoms. The summed E-state index contributed by atoms with van der Waals surface area (Å²) in [5.74, 6) is 0. The number of hydrogen-bond donors (Lipinski definition) is 2. The number of hydrogen-bond acceptors (Lipinski definition) is 3. The maximum absolute atomic E-state index is 9.53. The van der Waals surface area contributed by atoms with E-state index in [4.69, 9.17) is 0 Å². The molecular formula is C16H23N3O. The molecule has 4 nitrogen and oxygen atoms in total. The van der Waals surface area contributed by atoms with Crippen LogP contribution >= 0.6 is 0 Å². The van der Waals surface area contributed by atoms with E-state index in [1.165, 1.54) is 16.8 Å². The summed E-state index contributed by atoms with van der Waals surface area (Å²) in [4.78, 5) is 0. The van der Waals surface area contributed by atoms with Crippen LogP contribution in [-0.2, 0) is 20.0 Å². The zero-order chi connectivity index (χ0) is 14.5. The van der Waals surface area contributed by atoms with Crippen molar-refractivity contribution in [2.45, 2.75) is 32.9 Å². The first kappa shape index (κ1) is 14.8. The normalized spacial score (nSPS) is 12.6. The summed E-state index contributed by atoms with van der Waals surface area (Å²) >= 11 is 0. The van der Waals surface area contributed by atoms with E-state index in [0.29, 0.717) is 0 Å². The number of aromatic nitrogens is 2. The topological polar surface area (TPSA) is 50.1 Å². The van der Waals surface area contributed by atoms with Crippen molar-refractivity contribution in [3.63, 3.8) is 0 Å². The van der Waals surface area contributed by atoms with E-state index in [1.54, 1.807) is 0 Å². The fourth-order valence-electron chi connectivity index (χ4n) is 2.42. The Morgan fingerprint density at radius 3 is 2.50 bits per heavy atom. The van der Waals surface area contributed by atoms with Crippen LogP contribution in [-0.4, -0.2) is 27.5 Å². The molecule has 0 unspecified atom stereocenters. The SMILES string of the molecule is Cc1nn(C)c(C)c1CN[C@H](CO)Cc1ccccc1. The third-order valence-electron chi connectivity index (χ3n) is 3.77. The van der Waals surface area contributed by atoms with Gasteiger partial charge in [-0.1, -0.05) is 30.3 Å². The van der Waals surface area contributed by atoms with Gasteiger partial charge in [0.05, 0.1) is 12.3 Å². The van der Waals surface area contributed by atoms with E-state index in [-0.39, 0.29) is 12.6 Å². The van der Waals surface area contributed by atoms with Gasteiger partial charge in [0.15, 0.2) is 0 Å². The van der Waals surface area contributed by atoms with Crippen molar-refractivity contribution in [1.29, 1.82) is 0 Å². The zero-order valence-electron chi connectivity index (χ0n) is 12.4. The van der Waals surface area contributed by atoms with Gasteiger partial charge in [-0.15, -0.1) is 0 Å². The molecule has 0 bridgehead atoms. The fraction of sp³-hybridized carbons (Fsp3) is 0.438. The van der Waals surface area contributed by atoms with Crippen molar-refractivity contribution in [2.75, 3.05) is 6.61 Å². The molecule has 0 aliphatic carbocycles. The second-order valence-corrected chi connectivity index (χ2v) is 5.22. The summed E-state index contributed by atoms with van der Waals surface area (Å²) < 4.78 is 1.90. The van der Waals surface area contributed by atoms with Crippen molar-refractivity contribution < 1.29 is 5.11 Å². The second-order valence-electron chi connectivity index (χ2n) is 5.22. The van der Waals surface area contributed by atoms with Crippen LogP contribution in [0.1, 0.15) is 22.5 Å². The molecule has 4 heteroatoms. The lowest BCUT2D eigenvalue weighted by atomic mass is 10.1. The van der Waals surface area contributed by atoms with Gasteiger partial charge in [-0.05, 0) is 25.8 Å². The third kappa shape index (κ3) is 3.46. The van der Waals surface area contributed by atoms with Crippen molar-refractivity contribution in [2.24, 2.45) is 7.05 Å². The third-order valence-corrected chi connectivity index (χ3v) is 3.77. The van der Waals surface area contributed by atoms with Gasteiger partial charge in [0.1, 0.15) is 0 Å². The minimum Gasteiger partial charge on any atom is -0.395 e. The van der Waals surface area contributed by atoms with E-state index in [2.05, 4.69) is 29.5 Å². The molecule has 108 valence electrons. The predicted octanol–water partition coefficient (Wildman–Crippen LogP) is 1.73. The average Bonchev–Trinajstić information content (AvgIpc) is 2.70. The van der Waals surface area contributed by atoms with Gasteiger partial charge in [-0.3, -0.25) is 4.68 Å².